The highest BCUT2D eigenvalue weighted by atomic mass is 32.2. The Bertz CT molecular complexity index is 554. The van der Waals surface area contributed by atoms with Crippen LogP contribution < -0.4 is 4.72 Å². The average Bonchev–Trinajstić information content (AvgIpc) is 2.47. The van der Waals surface area contributed by atoms with Gasteiger partial charge in [0.1, 0.15) is 10.7 Å². The zero-order chi connectivity index (χ0) is 14.6. The third kappa shape index (κ3) is 3.54. The number of benzene rings is 1. The summed E-state index contributed by atoms with van der Waals surface area (Å²) in [6, 6.07) is 5.48. The highest BCUT2D eigenvalue weighted by Gasteiger charge is 2.33. The minimum Gasteiger partial charge on any atom is -0.210 e. The second-order valence-corrected chi connectivity index (χ2v) is 8.21. The topological polar surface area (TPSA) is 46.2 Å². The van der Waals surface area contributed by atoms with Crippen LogP contribution in [0.2, 0.25) is 0 Å². The Kier molecular flexibility index (Phi) is 5.09. The molecule has 0 spiro atoms. The van der Waals surface area contributed by atoms with E-state index in [1.54, 1.807) is 11.8 Å². The summed E-state index contributed by atoms with van der Waals surface area (Å²) in [6.45, 7) is 0.366. The molecule has 1 aliphatic carbocycles. The minimum atomic E-state index is -3.78. The highest BCUT2D eigenvalue weighted by Crippen LogP contribution is 2.38. The molecule has 112 valence electrons. The van der Waals surface area contributed by atoms with Crippen LogP contribution in [-0.2, 0) is 10.0 Å². The smallest absolute Gasteiger partial charge is 0.210 e. The average molecular weight is 317 g/mol. The van der Waals surface area contributed by atoms with Crippen molar-refractivity contribution >= 4 is 21.8 Å². The van der Waals surface area contributed by atoms with Crippen molar-refractivity contribution in [3.63, 3.8) is 0 Å². The molecule has 0 radical (unpaired) electrons. The molecule has 6 heteroatoms. The number of sulfonamides is 1. The number of hydrogen-bond donors (Lipinski definition) is 1. The van der Waals surface area contributed by atoms with Crippen LogP contribution in [0.3, 0.4) is 0 Å². The van der Waals surface area contributed by atoms with Gasteiger partial charge in [-0.25, -0.2) is 17.5 Å². The first-order chi connectivity index (χ1) is 9.49. The van der Waals surface area contributed by atoms with E-state index in [0.717, 1.165) is 25.7 Å². The number of hydrogen-bond acceptors (Lipinski definition) is 3. The fourth-order valence-corrected chi connectivity index (χ4v) is 4.83. The lowest BCUT2D eigenvalue weighted by atomic mass is 9.88. The molecule has 1 aromatic carbocycles. The van der Waals surface area contributed by atoms with Crippen molar-refractivity contribution in [2.45, 2.75) is 41.7 Å². The van der Waals surface area contributed by atoms with Crippen molar-refractivity contribution in [3.8, 4) is 0 Å². The fourth-order valence-electron chi connectivity index (χ4n) is 2.62. The van der Waals surface area contributed by atoms with E-state index in [0.29, 0.717) is 6.54 Å². The van der Waals surface area contributed by atoms with Gasteiger partial charge in [0.25, 0.3) is 0 Å². The second-order valence-electron chi connectivity index (χ2n) is 5.20. The van der Waals surface area contributed by atoms with Crippen LogP contribution in [0.5, 0.6) is 0 Å². The molecule has 0 aromatic heterocycles. The van der Waals surface area contributed by atoms with Crippen molar-refractivity contribution in [2.24, 2.45) is 0 Å². The first-order valence-electron chi connectivity index (χ1n) is 6.78. The summed E-state index contributed by atoms with van der Waals surface area (Å²) in [7, 11) is -3.78. The fraction of sp³-hybridized carbons (Fsp3) is 0.571. The standard InChI is InChI=1S/C14H20FNO2S2/c1-19-14(9-5-2-6-10-14)11-16-20(17,18)13-8-4-3-7-12(13)15/h3-4,7-8,16H,2,5-6,9-11H2,1H3. The molecule has 1 aliphatic rings. The monoisotopic (exact) mass is 317 g/mol. The van der Waals surface area contributed by atoms with E-state index < -0.39 is 15.8 Å². The molecule has 0 amide bonds. The van der Waals surface area contributed by atoms with Crippen LogP contribution in [0.25, 0.3) is 0 Å². The van der Waals surface area contributed by atoms with E-state index in [2.05, 4.69) is 4.72 Å². The largest absolute Gasteiger partial charge is 0.243 e. The molecule has 1 N–H and O–H groups in total. The van der Waals surface area contributed by atoms with Gasteiger partial charge in [-0.3, -0.25) is 0 Å². The lowest BCUT2D eigenvalue weighted by Crippen LogP contribution is -2.41. The summed E-state index contributed by atoms with van der Waals surface area (Å²) in [6.07, 6.45) is 7.50. The van der Waals surface area contributed by atoms with E-state index in [1.165, 1.54) is 30.7 Å². The maximum absolute atomic E-state index is 13.6. The molecule has 3 nitrogen and oxygen atoms in total. The lowest BCUT2D eigenvalue weighted by Gasteiger charge is -2.35. The summed E-state index contributed by atoms with van der Waals surface area (Å²) in [4.78, 5) is -0.271. The Morgan fingerprint density at radius 1 is 1.25 bits per heavy atom. The number of nitrogens with one attached hydrogen (secondary N) is 1. The predicted molar refractivity (Wildman–Crippen MR) is 80.9 cm³/mol. The van der Waals surface area contributed by atoms with Crippen molar-refractivity contribution in [1.29, 1.82) is 0 Å². The van der Waals surface area contributed by atoms with Crippen molar-refractivity contribution in [2.75, 3.05) is 12.8 Å². The van der Waals surface area contributed by atoms with E-state index in [4.69, 9.17) is 0 Å². The van der Waals surface area contributed by atoms with Gasteiger partial charge in [-0.05, 0) is 31.2 Å². The number of thioether (sulfide) groups is 1. The molecule has 1 fully saturated rings. The van der Waals surface area contributed by atoms with Gasteiger partial charge in [-0.1, -0.05) is 31.4 Å². The molecule has 0 heterocycles. The first kappa shape index (κ1) is 15.8. The molecule has 0 saturated heterocycles. The third-order valence-corrected chi connectivity index (χ3v) is 6.76. The van der Waals surface area contributed by atoms with Gasteiger partial charge in [0, 0.05) is 11.3 Å². The van der Waals surface area contributed by atoms with Gasteiger partial charge < -0.3 is 0 Å². The lowest BCUT2D eigenvalue weighted by molar-refractivity contribution is 0.394. The van der Waals surface area contributed by atoms with Gasteiger partial charge in [0.05, 0.1) is 0 Å². The van der Waals surface area contributed by atoms with Crippen molar-refractivity contribution in [3.05, 3.63) is 30.1 Å². The van der Waals surface area contributed by atoms with E-state index in [1.807, 2.05) is 6.26 Å². The quantitative estimate of drug-likeness (QED) is 0.907. The first-order valence-corrected chi connectivity index (χ1v) is 9.49. The van der Waals surface area contributed by atoms with E-state index >= 15 is 0 Å². The van der Waals surface area contributed by atoms with Gasteiger partial charge in [0.15, 0.2) is 0 Å². The molecular weight excluding hydrogens is 297 g/mol. The summed E-state index contributed by atoms with van der Waals surface area (Å²) in [5, 5.41) is 0. The highest BCUT2D eigenvalue weighted by molar-refractivity contribution is 8.00. The minimum absolute atomic E-state index is 0.0451. The summed E-state index contributed by atoms with van der Waals surface area (Å²) < 4.78 is 40.5. The molecule has 1 aromatic rings. The molecule has 0 atom stereocenters. The third-order valence-electron chi connectivity index (χ3n) is 3.91. The van der Waals surface area contributed by atoms with Crippen LogP contribution in [0.15, 0.2) is 29.2 Å². The molecule has 2 rings (SSSR count). The predicted octanol–water partition coefficient (Wildman–Crippen LogP) is 3.17. The van der Waals surface area contributed by atoms with Crippen LogP contribution in [0.1, 0.15) is 32.1 Å². The van der Waals surface area contributed by atoms with Crippen LogP contribution in [-0.4, -0.2) is 26.0 Å². The van der Waals surface area contributed by atoms with Gasteiger partial charge in [-0.2, -0.15) is 11.8 Å². The van der Waals surface area contributed by atoms with Crippen LogP contribution >= 0.6 is 11.8 Å². The van der Waals surface area contributed by atoms with E-state index in [9.17, 15) is 12.8 Å². The maximum atomic E-state index is 13.6. The maximum Gasteiger partial charge on any atom is 0.243 e. The van der Waals surface area contributed by atoms with Gasteiger partial charge >= 0.3 is 0 Å². The summed E-state index contributed by atoms with van der Waals surface area (Å²) in [5.74, 6) is -0.707. The Morgan fingerprint density at radius 3 is 2.50 bits per heavy atom. The van der Waals surface area contributed by atoms with Gasteiger partial charge in [-0.15, -0.1) is 0 Å². The number of halogens is 1. The molecule has 1 saturated carbocycles. The Balaban J connectivity index is 2.11. The van der Waals surface area contributed by atoms with Crippen molar-refractivity contribution in [1.82, 2.24) is 4.72 Å². The van der Waals surface area contributed by atoms with Crippen molar-refractivity contribution < 1.29 is 12.8 Å². The summed E-state index contributed by atoms with van der Waals surface area (Å²) in [5.41, 5.74) is 0. The molecule has 0 unspecified atom stereocenters. The zero-order valence-corrected chi connectivity index (χ0v) is 13.2. The second kappa shape index (κ2) is 6.45. The normalized spacial score (nSPS) is 18.9. The Labute approximate surface area is 124 Å². The molecular formula is C14H20FNO2S2. The Morgan fingerprint density at radius 2 is 1.90 bits per heavy atom. The molecule has 0 aliphatic heterocycles. The number of rotatable bonds is 5. The van der Waals surface area contributed by atoms with E-state index in [-0.39, 0.29) is 9.64 Å². The molecule has 20 heavy (non-hydrogen) atoms. The zero-order valence-electron chi connectivity index (χ0n) is 11.6. The van der Waals surface area contributed by atoms with Gasteiger partial charge in [0.2, 0.25) is 10.0 Å². The SMILES string of the molecule is CSC1(CNS(=O)(=O)c2ccccc2F)CCCCC1. The summed E-state index contributed by atoms with van der Waals surface area (Å²) >= 11 is 1.71. The van der Waals surface area contributed by atoms with Crippen LogP contribution in [0.4, 0.5) is 4.39 Å². The van der Waals surface area contributed by atoms with Crippen LogP contribution in [0, 0.1) is 5.82 Å². The molecule has 0 bridgehead atoms. The Hall–Kier alpha value is -0.590.